The first kappa shape index (κ1) is 12.5. The number of amides is 2. The van der Waals surface area contributed by atoms with Gasteiger partial charge in [0.2, 0.25) is 0 Å². The predicted octanol–water partition coefficient (Wildman–Crippen LogP) is 1.07. The largest absolute Gasteiger partial charge is 0.480 e. The van der Waals surface area contributed by atoms with Gasteiger partial charge in [-0.3, -0.25) is 0 Å². The van der Waals surface area contributed by atoms with Crippen molar-refractivity contribution in [3.8, 4) is 0 Å². The van der Waals surface area contributed by atoms with Gasteiger partial charge >= 0.3 is 12.0 Å². The molecule has 5 nitrogen and oxygen atoms in total. The lowest BCUT2D eigenvalue weighted by molar-refractivity contribution is -0.139. The molecule has 1 saturated carbocycles. The SMILES string of the molecule is C=CCC(NC(=O)N(C)CC1CC1)C(=O)O. The van der Waals surface area contributed by atoms with E-state index in [1.165, 1.54) is 11.0 Å². The van der Waals surface area contributed by atoms with Crippen LogP contribution in [0.5, 0.6) is 0 Å². The summed E-state index contributed by atoms with van der Waals surface area (Å²) >= 11 is 0. The molecule has 0 radical (unpaired) electrons. The smallest absolute Gasteiger partial charge is 0.326 e. The number of aliphatic carboxylic acids is 1. The molecular formula is C11H18N2O3. The van der Waals surface area contributed by atoms with Crippen molar-refractivity contribution in [2.24, 2.45) is 5.92 Å². The van der Waals surface area contributed by atoms with Gasteiger partial charge in [-0.05, 0) is 25.2 Å². The Morgan fingerprint density at radius 2 is 2.25 bits per heavy atom. The van der Waals surface area contributed by atoms with E-state index in [1.807, 2.05) is 0 Å². The lowest BCUT2D eigenvalue weighted by Crippen LogP contribution is -2.46. The molecule has 2 N–H and O–H groups in total. The fraction of sp³-hybridized carbons (Fsp3) is 0.636. The molecule has 0 heterocycles. The Labute approximate surface area is 95.1 Å². The van der Waals surface area contributed by atoms with E-state index in [1.54, 1.807) is 7.05 Å². The van der Waals surface area contributed by atoms with Crippen molar-refractivity contribution in [3.63, 3.8) is 0 Å². The molecule has 0 aliphatic heterocycles. The number of nitrogens with zero attached hydrogens (tertiary/aromatic N) is 1. The van der Waals surface area contributed by atoms with Crippen molar-refractivity contribution in [1.29, 1.82) is 0 Å². The van der Waals surface area contributed by atoms with Crippen LogP contribution in [0.3, 0.4) is 0 Å². The first-order valence-corrected chi connectivity index (χ1v) is 5.40. The topological polar surface area (TPSA) is 69.6 Å². The average Bonchev–Trinajstić information content (AvgIpc) is 3.00. The van der Waals surface area contributed by atoms with E-state index in [-0.39, 0.29) is 12.5 Å². The highest BCUT2D eigenvalue weighted by atomic mass is 16.4. The van der Waals surface area contributed by atoms with Crippen LogP contribution in [0.25, 0.3) is 0 Å². The highest BCUT2D eigenvalue weighted by molar-refractivity contribution is 5.82. The third-order valence-electron chi connectivity index (χ3n) is 2.57. The number of hydrogen-bond acceptors (Lipinski definition) is 2. The molecule has 0 aromatic carbocycles. The van der Waals surface area contributed by atoms with Gasteiger partial charge in [-0.25, -0.2) is 9.59 Å². The first-order valence-electron chi connectivity index (χ1n) is 5.40. The van der Waals surface area contributed by atoms with Gasteiger partial charge in [-0.1, -0.05) is 6.08 Å². The normalized spacial score (nSPS) is 16.3. The van der Waals surface area contributed by atoms with E-state index in [0.29, 0.717) is 12.5 Å². The molecule has 0 aromatic heterocycles. The van der Waals surface area contributed by atoms with E-state index < -0.39 is 12.0 Å². The summed E-state index contributed by atoms with van der Waals surface area (Å²) in [6.07, 6.45) is 4.04. The van der Waals surface area contributed by atoms with Crippen LogP contribution < -0.4 is 5.32 Å². The molecule has 0 saturated heterocycles. The van der Waals surface area contributed by atoms with Gasteiger partial charge in [0.15, 0.2) is 0 Å². The summed E-state index contributed by atoms with van der Waals surface area (Å²) in [5, 5.41) is 11.3. The molecule has 0 aromatic rings. The minimum Gasteiger partial charge on any atom is -0.480 e. The zero-order valence-electron chi connectivity index (χ0n) is 9.48. The molecule has 2 amide bonds. The molecule has 1 aliphatic carbocycles. The maximum atomic E-state index is 11.6. The van der Waals surface area contributed by atoms with Crippen LogP contribution in [0.15, 0.2) is 12.7 Å². The molecule has 1 fully saturated rings. The van der Waals surface area contributed by atoms with Crippen LogP contribution >= 0.6 is 0 Å². The maximum absolute atomic E-state index is 11.6. The summed E-state index contributed by atoms with van der Waals surface area (Å²) in [6.45, 7) is 4.17. The minimum atomic E-state index is -1.03. The zero-order valence-corrected chi connectivity index (χ0v) is 9.48. The van der Waals surface area contributed by atoms with Crippen molar-refractivity contribution in [1.82, 2.24) is 10.2 Å². The number of nitrogens with one attached hydrogen (secondary N) is 1. The lowest BCUT2D eigenvalue weighted by Gasteiger charge is -2.20. The van der Waals surface area contributed by atoms with Gasteiger partial charge in [0.05, 0.1) is 0 Å². The molecular weight excluding hydrogens is 208 g/mol. The highest BCUT2D eigenvalue weighted by Crippen LogP contribution is 2.29. The van der Waals surface area contributed by atoms with Crippen molar-refractivity contribution in [2.45, 2.75) is 25.3 Å². The lowest BCUT2D eigenvalue weighted by atomic mass is 10.2. The molecule has 90 valence electrons. The molecule has 16 heavy (non-hydrogen) atoms. The summed E-state index contributed by atoms with van der Waals surface area (Å²) in [7, 11) is 1.68. The molecule has 1 aliphatic rings. The van der Waals surface area contributed by atoms with Crippen molar-refractivity contribution in [3.05, 3.63) is 12.7 Å². The number of carboxylic acid groups (broad SMARTS) is 1. The predicted molar refractivity (Wildman–Crippen MR) is 60.1 cm³/mol. The highest BCUT2D eigenvalue weighted by Gasteiger charge is 2.26. The summed E-state index contributed by atoms with van der Waals surface area (Å²) in [4.78, 5) is 24.0. The van der Waals surface area contributed by atoms with Gasteiger partial charge in [-0.2, -0.15) is 0 Å². The fourth-order valence-corrected chi connectivity index (χ4v) is 1.42. The van der Waals surface area contributed by atoms with E-state index in [0.717, 1.165) is 12.8 Å². The summed E-state index contributed by atoms with van der Waals surface area (Å²) in [5.41, 5.74) is 0. The standard InChI is InChI=1S/C11H18N2O3/c1-3-4-9(10(14)15)12-11(16)13(2)7-8-5-6-8/h3,8-9H,1,4-7H2,2H3,(H,12,16)(H,14,15). The van der Waals surface area contributed by atoms with Crippen molar-refractivity contribution < 1.29 is 14.7 Å². The van der Waals surface area contributed by atoms with Gasteiger partial charge in [0.1, 0.15) is 6.04 Å². The maximum Gasteiger partial charge on any atom is 0.326 e. The van der Waals surface area contributed by atoms with Crippen LogP contribution in [-0.2, 0) is 4.79 Å². The monoisotopic (exact) mass is 226 g/mol. The van der Waals surface area contributed by atoms with Crippen LogP contribution in [0.4, 0.5) is 4.79 Å². The van der Waals surface area contributed by atoms with Crippen LogP contribution in [0.2, 0.25) is 0 Å². The van der Waals surface area contributed by atoms with Gasteiger partial charge in [0.25, 0.3) is 0 Å². The summed E-state index contributed by atoms with van der Waals surface area (Å²) < 4.78 is 0. The molecule has 0 bridgehead atoms. The third kappa shape index (κ3) is 3.92. The van der Waals surface area contributed by atoms with E-state index >= 15 is 0 Å². The summed E-state index contributed by atoms with van der Waals surface area (Å²) in [6, 6.07) is -1.21. The second-order valence-corrected chi connectivity index (χ2v) is 4.19. The Kier molecular flexibility index (Phi) is 4.34. The first-order chi connectivity index (χ1) is 7.54. The van der Waals surface area contributed by atoms with Crippen LogP contribution in [-0.4, -0.2) is 41.6 Å². The van der Waals surface area contributed by atoms with Crippen LogP contribution in [0.1, 0.15) is 19.3 Å². The van der Waals surface area contributed by atoms with Crippen molar-refractivity contribution >= 4 is 12.0 Å². The van der Waals surface area contributed by atoms with Gasteiger partial charge in [-0.15, -0.1) is 6.58 Å². The number of urea groups is 1. The minimum absolute atomic E-state index is 0.234. The quantitative estimate of drug-likeness (QED) is 0.665. The Morgan fingerprint density at radius 3 is 2.69 bits per heavy atom. The second kappa shape index (κ2) is 5.53. The number of rotatable bonds is 6. The number of carbonyl (C=O) groups is 2. The van der Waals surface area contributed by atoms with Gasteiger partial charge < -0.3 is 15.3 Å². The van der Waals surface area contributed by atoms with Crippen molar-refractivity contribution in [2.75, 3.05) is 13.6 Å². The summed E-state index contributed by atoms with van der Waals surface area (Å²) in [5.74, 6) is -0.438. The zero-order chi connectivity index (χ0) is 12.1. The molecule has 5 heteroatoms. The van der Waals surface area contributed by atoms with Gasteiger partial charge in [0, 0.05) is 13.6 Å². The molecule has 1 rings (SSSR count). The van der Waals surface area contributed by atoms with E-state index in [4.69, 9.17) is 5.11 Å². The van der Waals surface area contributed by atoms with Crippen LogP contribution in [0, 0.1) is 5.92 Å². The molecule has 1 unspecified atom stereocenters. The average molecular weight is 226 g/mol. The number of carboxylic acids is 1. The Morgan fingerprint density at radius 1 is 1.62 bits per heavy atom. The van der Waals surface area contributed by atoms with E-state index in [9.17, 15) is 9.59 Å². The Balaban J connectivity index is 2.39. The molecule has 1 atom stereocenters. The van der Waals surface area contributed by atoms with E-state index in [2.05, 4.69) is 11.9 Å². The second-order valence-electron chi connectivity index (χ2n) is 4.19. The molecule has 0 spiro atoms. The number of hydrogen-bond donors (Lipinski definition) is 2. The Bertz CT molecular complexity index is 287. The fourth-order valence-electron chi connectivity index (χ4n) is 1.42. The Hall–Kier alpha value is -1.52. The third-order valence-corrected chi connectivity index (χ3v) is 2.57. The number of carbonyl (C=O) groups excluding carboxylic acids is 1.